The van der Waals surface area contributed by atoms with Gasteiger partial charge in [0.25, 0.3) is 0 Å². The largest absolute Gasteiger partial charge is 0.345 e. The standard InChI is InChI=1S/C24H24F2N4O2/c1-29-5-7-30(8-6-29)24(32)18-11-16(18)15-9-17-19(13-28-23(17)27-12-15)21(31)10-14-3-2-4-20(25)22(14)26/h2-4,9,12-13,16,18H,5-8,10-11H2,1H3,(H,27,28)/t16-,18+/m0/s1. The number of hydrogen-bond acceptors (Lipinski definition) is 4. The first kappa shape index (κ1) is 20.8. The van der Waals surface area contributed by atoms with Gasteiger partial charge in [0.1, 0.15) is 5.65 Å². The molecule has 8 heteroatoms. The number of likely N-dealkylation sites (N-methyl/N-ethyl adjacent to an activating group) is 1. The molecule has 1 saturated carbocycles. The lowest BCUT2D eigenvalue weighted by molar-refractivity contribution is -0.134. The highest BCUT2D eigenvalue weighted by Crippen LogP contribution is 2.49. The van der Waals surface area contributed by atoms with Gasteiger partial charge in [-0.25, -0.2) is 13.8 Å². The molecule has 1 N–H and O–H groups in total. The number of benzene rings is 1. The molecular formula is C24H24F2N4O2. The Balaban J connectivity index is 1.34. The second kappa shape index (κ2) is 8.09. The molecule has 1 saturated heterocycles. The minimum Gasteiger partial charge on any atom is -0.345 e. The molecule has 2 aliphatic rings. The average molecular weight is 438 g/mol. The SMILES string of the molecule is CN1CCN(C(=O)[C@@H]2C[C@H]2c2cnc3[nH]cc(C(=O)Cc4cccc(F)c4F)c3c2)CC1. The summed E-state index contributed by atoms with van der Waals surface area (Å²) in [6, 6.07) is 5.73. The van der Waals surface area contributed by atoms with Gasteiger partial charge < -0.3 is 14.8 Å². The molecule has 6 nitrogen and oxygen atoms in total. The molecule has 3 heterocycles. The van der Waals surface area contributed by atoms with Gasteiger partial charge in [0, 0.05) is 61.9 Å². The highest BCUT2D eigenvalue weighted by atomic mass is 19.2. The summed E-state index contributed by atoms with van der Waals surface area (Å²) in [5, 5.41) is 0.641. The number of Topliss-reactive ketones (excluding diaryl/α,β-unsaturated/α-hetero) is 1. The molecule has 0 spiro atoms. The lowest BCUT2D eigenvalue weighted by atomic mass is 10.0. The van der Waals surface area contributed by atoms with Crippen LogP contribution in [0.15, 0.2) is 36.7 Å². The average Bonchev–Trinajstić information content (AvgIpc) is 3.48. The number of hydrogen-bond donors (Lipinski definition) is 1. The molecule has 1 aliphatic heterocycles. The van der Waals surface area contributed by atoms with Crippen LogP contribution in [-0.2, 0) is 11.2 Å². The van der Waals surface area contributed by atoms with Crippen molar-refractivity contribution in [3.8, 4) is 0 Å². The molecule has 5 rings (SSSR count). The van der Waals surface area contributed by atoms with E-state index in [1.165, 1.54) is 12.1 Å². The van der Waals surface area contributed by atoms with Crippen LogP contribution in [0.4, 0.5) is 8.78 Å². The van der Waals surface area contributed by atoms with Gasteiger partial charge in [-0.2, -0.15) is 0 Å². The van der Waals surface area contributed by atoms with Crippen LogP contribution in [0.5, 0.6) is 0 Å². The van der Waals surface area contributed by atoms with E-state index in [1.807, 2.05) is 11.0 Å². The van der Waals surface area contributed by atoms with Gasteiger partial charge in [0.05, 0.1) is 0 Å². The fraction of sp³-hybridized carbons (Fsp3) is 0.375. The first-order chi connectivity index (χ1) is 15.4. The maximum Gasteiger partial charge on any atom is 0.226 e. The molecule has 3 aromatic rings. The molecule has 0 radical (unpaired) electrons. The second-order valence-electron chi connectivity index (χ2n) is 8.76. The fourth-order valence-electron chi connectivity index (χ4n) is 4.50. The van der Waals surface area contributed by atoms with E-state index in [0.717, 1.165) is 44.2 Å². The minimum atomic E-state index is -0.997. The van der Waals surface area contributed by atoms with Crippen molar-refractivity contribution in [2.45, 2.75) is 18.8 Å². The van der Waals surface area contributed by atoms with E-state index in [4.69, 9.17) is 0 Å². The molecular weight excluding hydrogens is 414 g/mol. The Hall–Kier alpha value is -3.13. The van der Waals surface area contributed by atoms with Gasteiger partial charge in [-0.1, -0.05) is 12.1 Å². The van der Waals surface area contributed by atoms with Gasteiger partial charge in [-0.05, 0) is 42.6 Å². The van der Waals surface area contributed by atoms with E-state index in [2.05, 4.69) is 21.9 Å². The smallest absolute Gasteiger partial charge is 0.226 e. The van der Waals surface area contributed by atoms with Crippen molar-refractivity contribution >= 4 is 22.7 Å². The Labute approximate surface area is 184 Å². The first-order valence-corrected chi connectivity index (χ1v) is 10.8. The molecule has 1 amide bonds. The number of nitrogens with one attached hydrogen (secondary N) is 1. The van der Waals surface area contributed by atoms with Gasteiger partial charge in [0.15, 0.2) is 17.4 Å². The van der Waals surface area contributed by atoms with E-state index >= 15 is 0 Å². The van der Waals surface area contributed by atoms with Crippen LogP contribution in [-0.4, -0.2) is 64.7 Å². The zero-order valence-electron chi connectivity index (χ0n) is 17.8. The van der Waals surface area contributed by atoms with Crippen molar-refractivity contribution in [1.29, 1.82) is 0 Å². The summed E-state index contributed by atoms with van der Waals surface area (Å²) in [6.07, 6.45) is 3.84. The molecule has 1 aromatic carbocycles. The summed E-state index contributed by atoms with van der Waals surface area (Å²) in [7, 11) is 2.06. The summed E-state index contributed by atoms with van der Waals surface area (Å²) in [4.78, 5) is 37.3. The number of halogens is 2. The normalized spacial score (nSPS) is 21.2. The predicted octanol–water partition coefficient (Wildman–Crippen LogP) is 3.14. The summed E-state index contributed by atoms with van der Waals surface area (Å²) in [5.41, 5.74) is 1.89. The first-order valence-electron chi connectivity index (χ1n) is 10.8. The summed E-state index contributed by atoms with van der Waals surface area (Å²) in [6.45, 7) is 3.28. The number of pyridine rings is 1. The van der Waals surface area contributed by atoms with Crippen molar-refractivity contribution < 1.29 is 18.4 Å². The van der Waals surface area contributed by atoms with Crippen LogP contribution in [0.3, 0.4) is 0 Å². The van der Waals surface area contributed by atoms with Crippen molar-refractivity contribution in [2.24, 2.45) is 5.92 Å². The molecule has 0 unspecified atom stereocenters. The number of ketones is 1. The number of aromatic nitrogens is 2. The van der Waals surface area contributed by atoms with Crippen molar-refractivity contribution in [3.05, 3.63) is 65.0 Å². The van der Waals surface area contributed by atoms with Crippen LogP contribution in [0.25, 0.3) is 11.0 Å². The summed E-state index contributed by atoms with van der Waals surface area (Å²) in [5.74, 6) is -2.05. The number of piperazine rings is 1. The van der Waals surface area contributed by atoms with Gasteiger partial charge in [-0.15, -0.1) is 0 Å². The molecule has 2 fully saturated rings. The Morgan fingerprint density at radius 3 is 2.75 bits per heavy atom. The van der Waals surface area contributed by atoms with Crippen LogP contribution in [0.2, 0.25) is 0 Å². The van der Waals surface area contributed by atoms with E-state index in [1.54, 1.807) is 12.4 Å². The Morgan fingerprint density at radius 2 is 1.97 bits per heavy atom. The van der Waals surface area contributed by atoms with Gasteiger partial charge >= 0.3 is 0 Å². The maximum atomic E-state index is 14.0. The number of rotatable bonds is 5. The number of H-pyrrole nitrogens is 1. The minimum absolute atomic E-state index is 0.0218. The third-order valence-corrected chi connectivity index (χ3v) is 6.59. The molecule has 1 aliphatic carbocycles. The number of nitrogens with zero attached hydrogens (tertiary/aromatic N) is 3. The number of amides is 1. The zero-order chi connectivity index (χ0) is 22.4. The van der Waals surface area contributed by atoms with Crippen LogP contribution in [0.1, 0.15) is 33.8 Å². The van der Waals surface area contributed by atoms with Crippen LogP contribution < -0.4 is 0 Å². The lowest BCUT2D eigenvalue weighted by Crippen LogP contribution is -2.47. The second-order valence-corrected chi connectivity index (χ2v) is 8.76. The van der Waals surface area contributed by atoms with Gasteiger partial charge in [-0.3, -0.25) is 9.59 Å². The highest BCUT2D eigenvalue weighted by molar-refractivity contribution is 6.08. The number of fused-ring (bicyclic) bond motifs is 1. The molecule has 166 valence electrons. The Morgan fingerprint density at radius 1 is 1.19 bits per heavy atom. The number of carbonyl (C=O) groups is 2. The number of carbonyl (C=O) groups excluding carboxylic acids is 2. The van der Waals surface area contributed by atoms with Crippen molar-refractivity contribution in [1.82, 2.24) is 19.8 Å². The van der Waals surface area contributed by atoms with Crippen LogP contribution in [0, 0.1) is 17.6 Å². The van der Waals surface area contributed by atoms with E-state index < -0.39 is 11.6 Å². The van der Waals surface area contributed by atoms with Crippen molar-refractivity contribution in [2.75, 3.05) is 33.2 Å². The fourth-order valence-corrected chi connectivity index (χ4v) is 4.50. The van der Waals surface area contributed by atoms with E-state index in [0.29, 0.717) is 16.6 Å². The zero-order valence-corrected chi connectivity index (χ0v) is 17.8. The monoisotopic (exact) mass is 438 g/mol. The van der Waals surface area contributed by atoms with E-state index in [9.17, 15) is 18.4 Å². The molecule has 32 heavy (non-hydrogen) atoms. The summed E-state index contributed by atoms with van der Waals surface area (Å²) >= 11 is 0. The molecule has 2 aromatic heterocycles. The summed E-state index contributed by atoms with van der Waals surface area (Å²) < 4.78 is 27.5. The van der Waals surface area contributed by atoms with Crippen LogP contribution >= 0.6 is 0 Å². The topological polar surface area (TPSA) is 69.3 Å². The molecule has 2 atom stereocenters. The lowest BCUT2D eigenvalue weighted by Gasteiger charge is -2.32. The Kier molecular flexibility index (Phi) is 5.25. The van der Waals surface area contributed by atoms with Gasteiger partial charge in [0.2, 0.25) is 5.91 Å². The number of aromatic amines is 1. The predicted molar refractivity (Wildman–Crippen MR) is 115 cm³/mol. The third-order valence-electron chi connectivity index (χ3n) is 6.59. The maximum absolute atomic E-state index is 14.0. The quantitative estimate of drug-likeness (QED) is 0.622. The Bertz CT molecular complexity index is 1200. The molecule has 0 bridgehead atoms. The van der Waals surface area contributed by atoms with E-state index in [-0.39, 0.29) is 35.5 Å². The highest BCUT2D eigenvalue weighted by Gasteiger charge is 2.46. The third kappa shape index (κ3) is 3.79. The van der Waals surface area contributed by atoms with Crippen molar-refractivity contribution in [3.63, 3.8) is 0 Å².